The van der Waals surface area contributed by atoms with E-state index >= 15 is 28.8 Å². The predicted octanol–water partition coefficient (Wildman–Crippen LogP) is 2.88. The second kappa shape index (κ2) is 33.5. The summed E-state index contributed by atoms with van der Waals surface area (Å²) in [5.41, 5.74) is 10.7. The summed E-state index contributed by atoms with van der Waals surface area (Å²) in [7, 11) is 1.52. The largest absolute Gasteiger partial charge is 0.508 e. The van der Waals surface area contributed by atoms with Gasteiger partial charge in [-0.05, 0) is 188 Å². The van der Waals surface area contributed by atoms with E-state index in [-0.39, 0.29) is 114 Å². The quantitative estimate of drug-likeness (QED) is 0.0371. The molecular weight excluding hydrogens is 1470 g/mol. The number of amides is 8. The lowest BCUT2D eigenvalue weighted by Gasteiger charge is -2.54. The van der Waals surface area contributed by atoms with Gasteiger partial charge in [0.2, 0.25) is 65.1 Å². The molecule has 32 heteroatoms. The first-order chi connectivity index (χ1) is 53.4. The smallest absolute Gasteiger partial charge is 0.248 e. The molecule has 5 fully saturated rings. The Morgan fingerprint density at radius 1 is 0.688 bits per heavy atom. The van der Waals surface area contributed by atoms with Gasteiger partial charge in [0.15, 0.2) is 11.5 Å². The topological polar surface area (TPSA) is 496 Å². The average Bonchev–Trinajstić information content (AvgIpc) is 1.54. The van der Waals surface area contributed by atoms with E-state index in [1.54, 1.807) is 6.92 Å². The zero-order chi connectivity index (χ0) is 80.0. The molecule has 5 aromatic carbocycles. The molecule has 16 rings (SSSR count). The minimum Gasteiger partial charge on any atom is -0.508 e. The number of likely N-dealkylation sites (N-methyl/N-ethyl adjacent to an activating group) is 1. The number of fused-ring (bicyclic) bond motifs is 12. The maximum absolute atomic E-state index is 16.4. The van der Waals surface area contributed by atoms with E-state index in [1.807, 2.05) is 13.8 Å². The molecule has 602 valence electrons. The fraction of sp³-hybridized carbons (Fsp3) is 0.525. The summed E-state index contributed by atoms with van der Waals surface area (Å²) in [4.78, 5) is 122. The number of carbonyl (C=O) groups is 8. The molecule has 1 saturated heterocycles. The van der Waals surface area contributed by atoms with Crippen LogP contribution in [0.15, 0.2) is 72.8 Å². The number of carbonyl (C=O) groups excluding carboxylic acids is 8. The Morgan fingerprint density at radius 2 is 1.32 bits per heavy atom. The Bertz CT molecular complexity index is 4440. The summed E-state index contributed by atoms with van der Waals surface area (Å²) in [6.07, 6.45) is -3.54. The van der Waals surface area contributed by atoms with E-state index in [1.165, 1.54) is 67.7 Å². The highest BCUT2D eigenvalue weighted by Crippen LogP contribution is 2.56. The number of rotatable bonds is 21. The molecule has 6 heterocycles. The summed E-state index contributed by atoms with van der Waals surface area (Å²) in [6.45, 7) is 7.27. The minimum absolute atomic E-state index is 0.0110. The molecule has 0 radical (unpaired) electrons. The highest BCUT2D eigenvalue weighted by atomic mass is 35.5. The first kappa shape index (κ1) is 80.9. The van der Waals surface area contributed by atoms with Crippen molar-refractivity contribution in [2.75, 3.05) is 20.1 Å². The number of aliphatic hydroxyl groups is 7. The van der Waals surface area contributed by atoms with Gasteiger partial charge in [0.1, 0.15) is 90.1 Å². The molecule has 4 saturated carbocycles. The summed E-state index contributed by atoms with van der Waals surface area (Å²) in [6, 6.07) is 1.65. The zero-order valence-electron chi connectivity index (χ0n) is 62.8. The molecule has 8 amide bonds. The van der Waals surface area contributed by atoms with Crippen molar-refractivity contribution >= 4 is 58.9 Å². The molecule has 5 aromatic rings. The number of phenols is 1. The van der Waals surface area contributed by atoms with E-state index in [0.29, 0.717) is 18.4 Å². The molecule has 0 spiro atoms. The van der Waals surface area contributed by atoms with Crippen molar-refractivity contribution in [2.24, 2.45) is 41.1 Å². The van der Waals surface area contributed by atoms with Crippen LogP contribution in [0.5, 0.6) is 34.5 Å². The summed E-state index contributed by atoms with van der Waals surface area (Å²) in [5, 5.41) is 122. The normalized spacial score (nSPS) is 29.2. The number of phenolic OH excluding ortho intramolecular Hbond substituents is 1. The maximum atomic E-state index is 16.4. The Hall–Kier alpha value is -9.09. The molecule has 112 heavy (non-hydrogen) atoms. The van der Waals surface area contributed by atoms with Crippen LogP contribution in [0.25, 0.3) is 11.1 Å². The Kier molecular flexibility index (Phi) is 24.2. The highest BCUT2D eigenvalue weighted by Gasteiger charge is 2.53. The third-order valence-corrected chi connectivity index (χ3v) is 23.6. The predicted molar refractivity (Wildman–Crippen MR) is 403 cm³/mol. The molecule has 0 unspecified atom stereocenters. The maximum Gasteiger partial charge on any atom is 0.248 e. The molecule has 31 nitrogen and oxygen atoms in total. The third kappa shape index (κ3) is 16.4. The number of aromatic hydroxyl groups is 1. The van der Waals surface area contributed by atoms with E-state index in [0.717, 1.165) is 82.8 Å². The molecule has 21 N–H and O–H groups in total. The van der Waals surface area contributed by atoms with Gasteiger partial charge in [-0.15, -0.1) is 0 Å². The number of halogens is 1. The van der Waals surface area contributed by atoms with Gasteiger partial charge < -0.3 is 119 Å². The van der Waals surface area contributed by atoms with Gasteiger partial charge in [0.05, 0.1) is 17.5 Å². The standard InChI is InChI=1S/C80H100ClN11O20/c1-6-7-8-9-10-11-18-85-33-46-51(93)30-45-58-44-26-38(12-15-47(44)80(107,108)59(46)58)61-74(102)92-65(78(106)90-63(45)76(104)87-60-41-22-36-21-37(24-41)25-42(60)23-36)67(96)40-14-17-53(48(81)27-40)110-55-29-43-28-54(71(55)112-79-70(99)69(98)68(97)56(32-82)111-79)109-52-16-13-39(20-35(52)4)66(95)64(91-72(100)49(84-5)19-34(2)3)77(105)86-50(31-57(83)94)73(101)88-62(43)75(103)89-61/h12-17,20,26-30,34,36-37,41-42,49-50,56,60-70,79,84-85,93,95-99,107-108H,6-11,18-19,21-25,31-33,82H2,1-5H3,(H2,83,94)(H,86,105)(H,87,104)(H,88,101)(H,89,103)(H,90,106)(H,91,100)(H,92,102)/t36?,37?,41?,42?,49-,50+,56-,60?,61-,62-,63+,64-,65+,66-,67-,68-,69+,70-,79+/m1/s1. The highest BCUT2D eigenvalue weighted by molar-refractivity contribution is 6.32. The number of aryl methyl sites for hydroxylation is 1. The van der Waals surface area contributed by atoms with Crippen LogP contribution in [0.3, 0.4) is 0 Å². The fourth-order valence-electron chi connectivity index (χ4n) is 17.7. The van der Waals surface area contributed by atoms with Crippen molar-refractivity contribution < 1.29 is 98.2 Å². The van der Waals surface area contributed by atoms with Crippen molar-refractivity contribution in [2.45, 2.75) is 215 Å². The third-order valence-electron chi connectivity index (χ3n) is 23.3. The van der Waals surface area contributed by atoms with E-state index in [4.69, 9.17) is 42.0 Å². The van der Waals surface area contributed by atoms with Crippen LogP contribution in [0.1, 0.15) is 185 Å². The number of primary amides is 1. The number of nitrogens with one attached hydrogen (secondary N) is 9. The van der Waals surface area contributed by atoms with Gasteiger partial charge in [0, 0.05) is 35.8 Å². The monoisotopic (exact) mass is 1570 g/mol. The van der Waals surface area contributed by atoms with Crippen LogP contribution in [-0.4, -0.2) is 169 Å². The summed E-state index contributed by atoms with van der Waals surface area (Å²) in [5.74, 6) is -13.3. The summed E-state index contributed by atoms with van der Waals surface area (Å²) >= 11 is 7.21. The van der Waals surface area contributed by atoms with E-state index in [2.05, 4.69) is 54.8 Å². The lowest BCUT2D eigenvalue weighted by molar-refractivity contribution is -0.270. The second-order valence-corrected chi connectivity index (χ2v) is 32.0. The Labute approximate surface area is 651 Å². The van der Waals surface area contributed by atoms with Crippen LogP contribution in [0, 0.1) is 36.5 Å². The molecule has 14 atom stereocenters. The van der Waals surface area contributed by atoms with Crippen molar-refractivity contribution in [3.8, 4) is 45.6 Å². The van der Waals surface area contributed by atoms with Gasteiger partial charge in [-0.1, -0.05) is 88.7 Å². The first-order valence-electron chi connectivity index (χ1n) is 38.6. The van der Waals surface area contributed by atoms with Crippen molar-refractivity contribution in [1.82, 2.24) is 47.9 Å². The second-order valence-electron chi connectivity index (χ2n) is 31.6. The van der Waals surface area contributed by atoms with Crippen molar-refractivity contribution in [3.63, 3.8) is 0 Å². The van der Waals surface area contributed by atoms with Gasteiger partial charge in [0.25, 0.3) is 0 Å². The lowest BCUT2D eigenvalue weighted by Crippen LogP contribution is -2.60. The molecule has 15 bridgehead atoms. The number of benzene rings is 5. The Balaban J connectivity index is 1.01. The van der Waals surface area contributed by atoms with Crippen LogP contribution < -0.4 is 73.5 Å². The zero-order valence-corrected chi connectivity index (χ0v) is 63.6. The lowest BCUT2D eigenvalue weighted by atomic mass is 9.54. The SMILES string of the molecule is CCCCCCCCNCc1c(O)cc2c3c1C(O)(O)c1ccc(cc1-3)[C@H]1NC(=O)[C@@H]3NC(=O)[C@H](CC(N)=O)NC(=O)[C@H](NC(=O)[C@@H](CC(C)C)NC)[C@H](O)c4ccc(c(C)c4)Oc4cc3cc(c4O[C@@H]3O[C@H](CN)[C@@H](O)[C@H](O)[C@H]3O)Oc3ccc(cc3Cl)[C@@H](O)[C@H](NC1=O)C(=O)N[C@@H]2C(=O)NC1C2CC3CC(C2)CC1C3. The molecule has 11 aliphatic rings. The number of hydrogen-bond acceptors (Lipinski definition) is 23. The number of nitrogens with two attached hydrogens (primary N) is 2. The van der Waals surface area contributed by atoms with Crippen LogP contribution >= 0.6 is 11.6 Å². The Morgan fingerprint density at radius 3 is 1.97 bits per heavy atom. The number of unbranched alkanes of at least 4 members (excludes halogenated alkanes) is 5. The first-order valence-corrected chi connectivity index (χ1v) is 39.0. The molecule has 5 aliphatic carbocycles. The van der Waals surface area contributed by atoms with Gasteiger partial charge >= 0.3 is 0 Å². The minimum atomic E-state index is -2.99. The number of aliphatic hydroxyl groups excluding tert-OH is 5. The van der Waals surface area contributed by atoms with Crippen LogP contribution in [-0.2, 0) is 55.4 Å². The van der Waals surface area contributed by atoms with Crippen LogP contribution in [0.2, 0.25) is 5.02 Å². The van der Waals surface area contributed by atoms with Crippen molar-refractivity contribution in [1.29, 1.82) is 0 Å². The number of hydrogen-bond donors (Lipinski definition) is 19. The number of ether oxygens (including phenoxy) is 4. The van der Waals surface area contributed by atoms with E-state index < -0.39 is 174 Å². The van der Waals surface area contributed by atoms with E-state index in [9.17, 15) is 50.4 Å². The molecule has 6 aliphatic heterocycles. The van der Waals surface area contributed by atoms with Crippen molar-refractivity contribution in [3.05, 3.63) is 128 Å². The van der Waals surface area contributed by atoms with Gasteiger partial charge in [-0.3, -0.25) is 38.4 Å². The fourth-order valence-corrected chi connectivity index (χ4v) is 18.0. The van der Waals surface area contributed by atoms with Gasteiger partial charge in [-0.2, -0.15) is 0 Å². The summed E-state index contributed by atoms with van der Waals surface area (Å²) < 4.78 is 25.9. The van der Waals surface area contributed by atoms with Gasteiger partial charge in [-0.25, -0.2) is 0 Å². The molecule has 0 aromatic heterocycles. The molecular formula is C80H100ClN11O20. The average molecular weight is 1570 g/mol. The van der Waals surface area contributed by atoms with Crippen LogP contribution in [0.4, 0.5) is 0 Å².